The molecule has 0 aliphatic carbocycles. The Kier molecular flexibility index (Phi) is 2.79. The van der Waals surface area contributed by atoms with Crippen molar-refractivity contribution in [3.8, 4) is 0 Å². The van der Waals surface area contributed by atoms with Gasteiger partial charge >= 0.3 is 14.0 Å². The smallest absolute Gasteiger partial charge is 0.465 e. The molecule has 0 spiro atoms. The van der Waals surface area contributed by atoms with Gasteiger partial charge in [-0.15, -0.1) is 4.67 Å². The van der Waals surface area contributed by atoms with E-state index in [1.54, 1.807) is 0 Å². The lowest BCUT2D eigenvalue weighted by Gasteiger charge is -2.28. The van der Waals surface area contributed by atoms with Crippen molar-refractivity contribution in [2.75, 3.05) is 12.9 Å². The lowest BCUT2D eigenvalue weighted by atomic mass is 10.2. The average molecular weight is 207 g/mol. The summed E-state index contributed by atoms with van der Waals surface area (Å²) in [4.78, 5) is 21.1. The molecule has 3 N–H and O–H groups in total. The molecule has 1 fully saturated rings. The zero-order chi connectivity index (χ0) is 10.0. The van der Waals surface area contributed by atoms with Crippen LogP contribution in [0, 0.1) is 0 Å². The van der Waals surface area contributed by atoms with E-state index in [-0.39, 0.29) is 6.54 Å². The van der Waals surface area contributed by atoms with Gasteiger partial charge in [-0.05, 0) is 4.57 Å². The molecule has 1 aliphatic rings. The number of amides is 2. The summed E-state index contributed by atoms with van der Waals surface area (Å²) in [5, 5.41) is 18.6. The van der Waals surface area contributed by atoms with Crippen molar-refractivity contribution in [3.05, 3.63) is 0 Å². The molecule has 1 saturated heterocycles. The highest BCUT2D eigenvalue weighted by molar-refractivity contribution is 7.42. The SMILES string of the molecule is O=C(O)N[C@H]1CN([P+](=O)CO)C1=O. The highest BCUT2D eigenvalue weighted by Crippen LogP contribution is 2.31. The minimum atomic E-state index is -2.09. The third-order valence-electron chi connectivity index (χ3n) is 1.60. The first-order valence-corrected chi connectivity index (χ1v) is 4.82. The fourth-order valence-corrected chi connectivity index (χ4v) is 1.80. The van der Waals surface area contributed by atoms with Crippen LogP contribution in [0.4, 0.5) is 4.79 Å². The second kappa shape index (κ2) is 3.68. The van der Waals surface area contributed by atoms with Crippen molar-refractivity contribution in [1.82, 2.24) is 9.99 Å². The van der Waals surface area contributed by atoms with E-state index in [9.17, 15) is 14.2 Å². The molecule has 1 aliphatic heterocycles. The standard InChI is InChI=1S/C5H7N2O5P/c8-2-13(12)7-1-3(4(7)9)6-5(10)11/h3,6,8H,1-2H2/p+1/t3-/m0/s1. The largest absolute Gasteiger partial charge is 0.493 e. The van der Waals surface area contributed by atoms with E-state index < -0.39 is 32.3 Å². The quantitative estimate of drug-likeness (QED) is 0.413. The number of aliphatic hydroxyl groups is 1. The highest BCUT2D eigenvalue weighted by Gasteiger charge is 2.48. The topological polar surface area (TPSA) is 107 Å². The Bertz CT molecular complexity index is 268. The molecular weight excluding hydrogens is 199 g/mol. The molecule has 1 heterocycles. The molecule has 1 rings (SSSR count). The zero-order valence-corrected chi connectivity index (χ0v) is 7.40. The van der Waals surface area contributed by atoms with Gasteiger partial charge in [-0.1, -0.05) is 0 Å². The Hall–Kier alpha value is -1.20. The predicted octanol–water partition coefficient (Wildman–Crippen LogP) is -0.843. The Morgan fingerprint density at radius 2 is 2.38 bits per heavy atom. The maximum atomic E-state index is 11.0. The molecule has 0 bridgehead atoms. The molecule has 2 atom stereocenters. The number of hydrogen-bond acceptors (Lipinski definition) is 4. The number of carbonyl (C=O) groups is 2. The Morgan fingerprint density at radius 1 is 1.77 bits per heavy atom. The van der Waals surface area contributed by atoms with Gasteiger partial charge in [0.25, 0.3) is 12.3 Å². The highest BCUT2D eigenvalue weighted by atomic mass is 31.1. The van der Waals surface area contributed by atoms with Crippen LogP contribution in [0.25, 0.3) is 0 Å². The number of rotatable bonds is 3. The monoisotopic (exact) mass is 207 g/mol. The van der Waals surface area contributed by atoms with Crippen LogP contribution >= 0.6 is 7.95 Å². The first-order valence-electron chi connectivity index (χ1n) is 3.42. The fraction of sp³-hybridized carbons (Fsp3) is 0.600. The van der Waals surface area contributed by atoms with Crippen LogP contribution in [0.2, 0.25) is 0 Å². The van der Waals surface area contributed by atoms with Crippen LogP contribution in [0.3, 0.4) is 0 Å². The summed E-state index contributed by atoms with van der Waals surface area (Å²) in [5.41, 5.74) is 0. The van der Waals surface area contributed by atoms with E-state index in [2.05, 4.69) is 0 Å². The number of nitrogens with one attached hydrogen (secondary N) is 1. The van der Waals surface area contributed by atoms with Gasteiger partial charge in [0.05, 0.1) is 6.54 Å². The van der Waals surface area contributed by atoms with Gasteiger partial charge in [0, 0.05) is 0 Å². The number of carbonyl (C=O) groups excluding carboxylic acids is 1. The zero-order valence-electron chi connectivity index (χ0n) is 6.51. The molecule has 0 aromatic heterocycles. The summed E-state index contributed by atoms with van der Waals surface area (Å²) in [7, 11) is -2.09. The minimum Gasteiger partial charge on any atom is -0.465 e. The van der Waals surface area contributed by atoms with Crippen LogP contribution < -0.4 is 5.32 Å². The maximum absolute atomic E-state index is 11.0. The van der Waals surface area contributed by atoms with E-state index in [1.165, 1.54) is 0 Å². The summed E-state index contributed by atoms with van der Waals surface area (Å²) in [6.07, 6.45) is -1.89. The minimum absolute atomic E-state index is 0.0564. The Balaban J connectivity index is 2.43. The third kappa shape index (κ3) is 1.93. The van der Waals surface area contributed by atoms with E-state index in [0.717, 1.165) is 4.67 Å². The van der Waals surface area contributed by atoms with Crippen LogP contribution in [0.15, 0.2) is 0 Å². The van der Waals surface area contributed by atoms with Crippen molar-refractivity contribution >= 4 is 20.0 Å². The molecule has 0 aromatic carbocycles. The molecular formula is C5H8N2O5P+. The van der Waals surface area contributed by atoms with E-state index >= 15 is 0 Å². The summed E-state index contributed by atoms with van der Waals surface area (Å²) in [6.45, 7) is 0.0564. The van der Waals surface area contributed by atoms with Gasteiger partial charge in [0.2, 0.25) is 0 Å². The van der Waals surface area contributed by atoms with E-state index in [1.807, 2.05) is 5.32 Å². The van der Waals surface area contributed by atoms with Gasteiger partial charge in [0.15, 0.2) is 0 Å². The van der Waals surface area contributed by atoms with Crippen LogP contribution in [-0.4, -0.2) is 45.8 Å². The molecule has 13 heavy (non-hydrogen) atoms. The second-order valence-corrected chi connectivity index (χ2v) is 3.89. The predicted molar refractivity (Wildman–Crippen MR) is 41.4 cm³/mol. The van der Waals surface area contributed by atoms with Gasteiger partial charge in [-0.3, -0.25) is 4.79 Å². The van der Waals surface area contributed by atoms with Gasteiger partial charge < -0.3 is 15.5 Å². The van der Waals surface area contributed by atoms with Crippen molar-refractivity contribution < 1.29 is 24.4 Å². The van der Waals surface area contributed by atoms with Crippen LogP contribution in [0.5, 0.6) is 0 Å². The average Bonchev–Trinajstić information content (AvgIpc) is 2.09. The second-order valence-electron chi connectivity index (χ2n) is 2.42. The fourth-order valence-electron chi connectivity index (χ4n) is 0.942. The Labute approximate surface area is 74.2 Å². The molecule has 7 nitrogen and oxygen atoms in total. The van der Waals surface area contributed by atoms with Crippen molar-refractivity contribution in [1.29, 1.82) is 0 Å². The van der Waals surface area contributed by atoms with Gasteiger partial charge in [0.1, 0.15) is 6.04 Å². The molecule has 0 radical (unpaired) electrons. The number of β-lactam (4-membered cyclic amide) rings is 1. The number of hydrogen-bond donors (Lipinski definition) is 3. The number of nitrogens with zero attached hydrogens (tertiary/aromatic N) is 1. The summed E-state index contributed by atoms with van der Waals surface area (Å²) < 4.78 is 11.8. The normalized spacial score (nSPS) is 22.2. The lowest BCUT2D eigenvalue weighted by Crippen LogP contribution is -2.61. The molecule has 0 saturated carbocycles. The summed E-state index contributed by atoms with van der Waals surface area (Å²) in [6, 6.07) is -0.817. The maximum Gasteiger partial charge on any atom is 0.493 e. The van der Waals surface area contributed by atoms with Crippen molar-refractivity contribution in [3.63, 3.8) is 0 Å². The molecule has 72 valence electrons. The Morgan fingerprint density at radius 3 is 2.77 bits per heavy atom. The lowest BCUT2D eigenvalue weighted by molar-refractivity contribution is -0.136. The first-order chi connectivity index (χ1) is 6.06. The molecule has 1 unspecified atom stereocenters. The first kappa shape index (κ1) is 9.88. The van der Waals surface area contributed by atoms with Gasteiger partial charge in [-0.2, -0.15) is 0 Å². The van der Waals surface area contributed by atoms with Crippen LogP contribution in [0.1, 0.15) is 0 Å². The number of aliphatic hydroxyl groups excluding tert-OH is 1. The van der Waals surface area contributed by atoms with Gasteiger partial charge in [-0.25, -0.2) is 4.79 Å². The summed E-state index contributed by atoms with van der Waals surface area (Å²) in [5.74, 6) is -0.558. The number of carboxylic acid groups (broad SMARTS) is 1. The van der Waals surface area contributed by atoms with E-state index in [0.29, 0.717) is 0 Å². The molecule has 0 aromatic rings. The third-order valence-corrected chi connectivity index (χ3v) is 2.74. The van der Waals surface area contributed by atoms with Crippen molar-refractivity contribution in [2.45, 2.75) is 6.04 Å². The molecule has 8 heteroatoms. The molecule has 2 amide bonds. The van der Waals surface area contributed by atoms with Crippen molar-refractivity contribution in [2.24, 2.45) is 0 Å². The summed E-state index contributed by atoms with van der Waals surface area (Å²) >= 11 is 0. The van der Waals surface area contributed by atoms with Crippen LogP contribution in [-0.2, 0) is 9.36 Å². The van der Waals surface area contributed by atoms with E-state index in [4.69, 9.17) is 10.2 Å².